The van der Waals surface area contributed by atoms with Crippen LogP contribution in [-0.4, -0.2) is 16.9 Å². The van der Waals surface area contributed by atoms with Crippen LogP contribution in [0.3, 0.4) is 0 Å². The van der Waals surface area contributed by atoms with Crippen molar-refractivity contribution in [3.8, 4) is 0 Å². The summed E-state index contributed by atoms with van der Waals surface area (Å²) >= 11 is 0. The molecule has 4 heteroatoms. The highest BCUT2D eigenvalue weighted by atomic mass is 16.1. The van der Waals surface area contributed by atoms with Crippen LogP contribution >= 0.6 is 0 Å². The second-order valence-corrected chi connectivity index (χ2v) is 5.18. The lowest BCUT2D eigenvalue weighted by Crippen LogP contribution is -2.23. The average molecular weight is 255 g/mol. The number of carbonyl (C=O) groups is 1. The zero-order valence-electron chi connectivity index (χ0n) is 10.7. The Balaban J connectivity index is 1.76. The van der Waals surface area contributed by atoms with Crippen LogP contribution in [0.2, 0.25) is 0 Å². The lowest BCUT2D eigenvalue weighted by atomic mass is 10.1. The number of hydrogen-bond acceptors (Lipinski definition) is 3. The topological polar surface area (TPSA) is 68.0 Å². The largest absolute Gasteiger partial charge is 0.328 e. The fourth-order valence-corrected chi connectivity index (χ4v) is 2.64. The van der Waals surface area contributed by atoms with E-state index in [0.29, 0.717) is 0 Å². The van der Waals surface area contributed by atoms with Crippen molar-refractivity contribution in [1.29, 1.82) is 0 Å². The summed E-state index contributed by atoms with van der Waals surface area (Å²) in [5.41, 5.74) is 7.53. The number of aromatic nitrogens is 1. The third kappa shape index (κ3) is 2.58. The van der Waals surface area contributed by atoms with Gasteiger partial charge in [0.15, 0.2) is 0 Å². The normalized spacial score (nSPS) is 22.6. The predicted molar refractivity (Wildman–Crippen MR) is 75.7 cm³/mol. The van der Waals surface area contributed by atoms with Crippen molar-refractivity contribution in [3.63, 3.8) is 0 Å². The van der Waals surface area contributed by atoms with Gasteiger partial charge < -0.3 is 11.1 Å². The minimum absolute atomic E-state index is 0.0430. The third-order valence-corrected chi connectivity index (χ3v) is 3.70. The maximum atomic E-state index is 12.1. The SMILES string of the molecule is NC1CCC(C(=O)Nc2cnc3ccccc3c2)C1. The van der Waals surface area contributed by atoms with Gasteiger partial charge in [-0.05, 0) is 31.4 Å². The molecule has 1 heterocycles. The van der Waals surface area contributed by atoms with E-state index < -0.39 is 0 Å². The van der Waals surface area contributed by atoms with Gasteiger partial charge in [-0.25, -0.2) is 0 Å². The molecule has 0 spiro atoms. The Kier molecular flexibility index (Phi) is 3.17. The van der Waals surface area contributed by atoms with Gasteiger partial charge in [0, 0.05) is 17.3 Å². The number of anilines is 1. The predicted octanol–water partition coefficient (Wildman–Crippen LogP) is 2.30. The molecule has 2 unspecified atom stereocenters. The summed E-state index contributed by atoms with van der Waals surface area (Å²) in [6.45, 7) is 0. The molecular formula is C15H17N3O. The molecule has 0 saturated heterocycles. The van der Waals surface area contributed by atoms with E-state index >= 15 is 0 Å². The highest BCUT2D eigenvalue weighted by Gasteiger charge is 2.27. The molecule has 0 bridgehead atoms. The number of benzene rings is 1. The van der Waals surface area contributed by atoms with Crippen molar-refractivity contribution < 1.29 is 4.79 Å². The van der Waals surface area contributed by atoms with Crippen LogP contribution in [0.25, 0.3) is 10.9 Å². The lowest BCUT2D eigenvalue weighted by Gasteiger charge is -2.11. The molecule has 0 aliphatic heterocycles. The molecule has 2 aromatic rings. The van der Waals surface area contributed by atoms with Gasteiger partial charge in [0.05, 0.1) is 17.4 Å². The van der Waals surface area contributed by atoms with Crippen molar-refractivity contribution in [3.05, 3.63) is 36.5 Å². The molecule has 4 nitrogen and oxygen atoms in total. The summed E-state index contributed by atoms with van der Waals surface area (Å²) in [6, 6.07) is 9.99. The maximum Gasteiger partial charge on any atom is 0.227 e. The summed E-state index contributed by atoms with van der Waals surface area (Å²) < 4.78 is 0. The van der Waals surface area contributed by atoms with Gasteiger partial charge in [-0.3, -0.25) is 9.78 Å². The molecule has 1 fully saturated rings. The minimum atomic E-state index is 0.0430. The molecule has 1 aromatic carbocycles. The first kappa shape index (κ1) is 12.1. The summed E-state index contributed by atoms with van der Waals surface area (Å²) in [6.07, 6.45) is 4.31. The van der Waals surface area contributed by atoms with E-state index in [4.69, 9.17) is 5.73 Å². The second kappa shape index (κ2) is 4.97. The molecule has 1 aliphatic rings. The van der Waals surface area contributed by atoms with E-state index in [1.165, 1.54) is 0 Å². The number of hydrogen-bond donors (Lipinski definition) is 2. The standard InChI is InChI=1S/C15H17N3O/c16-12-6-5-11(7-12)15(19)18-13-8-10-3-1-2-4-14(10)17-9-13/h1-4,8-9,11-12H,5-7,16H2,(H,18,19). The number of carbonyl (C=O) groups excluding carboxylic acids is 1. The van der Waals surface area contributed by atoms with E-state index in [1.807, 2.05) is 30.3 Å². The van der Waals surface area contributed by atoms with Gasteiger partial charge in [-0.1, -0.05) is 18.2 Å². The van der Waals surface area contributed by atoms with E-state index in [2.05, 4.69) is 10.3 Å². The van der Waals surface area contributed by atoms with Gasteiger partial charge in [-0.2, -0.15) is 0 Å². The van der Waals surface area contributed by atoms with Gasteiger partial charge in [0.25, 0.3) is 0 Å². The number of nitrogens with zero attached hydrogens (tertiary/aromatic N) is 1. The van der Waals surface area contributed by atoms with Crippen molar-refractivity contribution in [2.75, 3.05) is 5.32 Å². The Morgan fingerprint density at radius 1 is 1.32 bits per heavy atom. The molecule has 3 N–H and O–H groups in total. The molecule has 1 aromatic heterocycles. The van der Waals surface area contributed by atoms with E-state index in [1.54, 1.807) is 6.20 Å². The van der Waals surface area contributed by atoms with Crippen LogP contribution < -0.4 is 11.1 Å². The Morgan fingerprint density at radius 2 is 2.16 bits per heavy atom. The van der Waals surface area contributed by atoms with Crippen LogP contribution in [0.1, 0.15) is 19.3 Å². The highest BCUT2D eigenvalue weighted by molar-refractivity contribution is 5.94. The minimum Gasteiger partial charge on any atom is -0.328 e. The monoisotopic (exact) mass is 255 g/mol. The number of nitrogens with one attached hydrogen (secondary N) is 1. The number of para-hydroxylation sites is 1. The smallest absolute Gasteiger partial charge is 0.227 e. The number of rotatable bonds is 2. The Morgan fingerprint density at radius 3 is 2.95 bits per heavy atom. The lowest BCUT2D eigenvalue weighted by molar-refractivity contribution is -0.119. The average Bonchev–Trinajstić information content (AvgIpc) is 2.85. The molecular weight excluding hydrogens is 238 g/mol. The maximum absolute atomic E-state index is 12.1. The Hall–Kier alpha value is -1.94. The Bertz CT molecular complexity index is 611. The van der Waals surface area contributed by atoms with Crippen LogP contribution in [0.5, 0.6) is 0 Å². The summed E-state index contributed by atoms with van der Waals surface area (Å²) in [5, 5.41) is 3.97. The van der Waals surface area contributed by atoms with Gasteiger partial charge in [0.1, 0.15) is 0 Å². The van der Waals surface area contributed by atoms with Crippen molar-refractivity contribution in [1.82, 2.24) is 4.98 Å². The van der Waals surface area contributed by atoms with E-state index in [0.717, 1.165) is 35.9 Å². The molecule has 0 radical (unpaired) electrons. The quantitative estimate of drug-likeness (QED) is 0.865. The fourth-order valence-electron chi connectivity index (χ4n) is 2.64. The summed E-state index contributed by atoms with van der Waals surface area (Å²) in [5.74, 6) is 0.103. The number of nitrogens with two attached hydrogens (primary N) is 1. The zero-order valence-corrected chi connectivity index (χ0v) is 10.7. The highest BCUT2D eigenvalue weighted by Crippen LogP contribution is 2.25. The zero-order chi connectivity index (χ0) is 13.2. The fraction of sp³-hybridized carbons (Fsp3) is 0.333. The first-order valence-electron chi connectivity index (χ1n) is 6.63. The molecule has 1 saturated carbocycles. The molecule has 19 heavy (non-hydrogen) atoms. The molecule has 98 valence electrons. The summed E-state index contributed by atoms with van der Waals surface area (Å²) in [4.78, 5) is 16.4. The van der Waals surface area contributed by atoms with Crippen LogP contribution in [0.15, 0.2) is 36.5 Å². The number of pyridine rings is 1. The second-order valence-electron chi connectivity index (χ2n) is 5.18. The molecule has 1 aliphatic carbocycles. The first-order valence-corrected chi connectivity index (χ1v) is 6.63. The van der Waals surface area contributed by atoms with Crippen LogP contribution in [0, 0.1) is 5.92 Å². The van der Waals surface area contributed by atoms with Gasteiger partial charge in [-0.15, -0.1) is 0 Å². The Labute approximate surface area is 112 Å². The molecule has 2 atom stereocenters. The van der Waals surface area contributed by atoms with Gasteiger partial charge in [0.2, 0.25) is 5.91 Å². The summed E-state index contributed by atoms with van der Waals surface area (Å²) in [7, 11) is 0. The number of fused-ring (bicyclic) bond motifs is 1. The van der Waals surface area contributed by atoms with Crippen molar-refractivity contribution in [2.45, 2.75) is 25.3 Å². The first-order chi connectivity index (χ1) is 9.22. The van der Waals surface area contributed by atoms with Crippen molar-refractivity contribution >= 4 is 22.5 Å². The van der Waals surface area contributed by atoms with Crippen LogP contribution in [0.4, 0.5) is 5.69 Å². The van der Waals surface area contributed by atoms with E-state index in [9.17, 15) is 4.79 Å². The van der Waals surface area contributed by atoms with E-state index in [-0.39, 0.29) is 17.9 Å². The third-order valence-electron chi connectivity index (χ3n) is 3.70. The molecule has 1 amide bonds. The number of amides is 1. The van der Waals surface area contributed by atoms with Crippen LogP contribution in [-0.2, 0) is 4.79 Å². The molecule has 3 rings (SSSR count). The van der Waals surface area contributed by atoms with Crippen molar-refractivity contribution in [2.24, 2.45) is 11.7 Å². The van der Waals surface area contributed by atoms with Gasteiger partial charge >= 0.3 is 0 Å².